The van der Waals surface area contributed by atoms with Gasteiger partial charge in [-0.1, -0.05) is 26.0 Å². The van der Waals surface area contributed by atoms with Crippen molar-refractivity contribution in [2.45, 2.75) is 32.8 Å². The molecule has 1 heterocycles. The molecule has 0 radical (unpaired) electrons. The number of benzene rings is 1. The lowest BCUT2D eigenvalue weighted by molar-refractivity contribution is -0.384. The van der Waals surface area contributed by atoms with Crippen LogP contribution in [0.4, 0.5) is 5.69 Å². The van der Waals surface area contributed by atoms with Crippen LogP contribution in [0.5, 0.6) is 0 Å². The molecule has 1 N–H and O–H groups in total. The summed E-state index contributed by atoms with van der Waals surface area (Å²) in [5.74, 6) is 0.739. The maximum Gasteiger partial charge on any atom is 0.269 e. The second-order valence-electron chi connectivity index (χ2n) is 6.03. The van der Waals surface area contributed by atoms with E-state index >= 15 is 0 Å². The van der Waals surface area contributed by atoms with Crippen molar-refractivity contribution in [3.8, 4) is 0 Å². The van der Waals surface area contributed by atoms with E-state index in [4.69, 9.17) is 4.74 Å². The third-order valence-corrected chi connectivity index (χ3v) is 3.99. The molecule has 1 aliphatic rings. The van der Waals surface area contributed by atoms with Gasteiger partial charge in [-0.25, -0.2) is 0 Å². The average molecular weight is 306 g/mol. The number of nitrogens with zero attached hydrogens (tertiary/aromatic N) is 1. The molecule has 2 rings (SSSR count). The Bertz CT molecular complexity index is 527. The van der Waals surface area contributed by atoms with E-state index in [1.165, 1.54) is 12.1 Å². The molecule has 0 aliphatic carbocycles. The van der Waals surface area contributed by atoms with E-state index in [1.807, 2.05) is 0 Å². The first kappa shape index (κ1) is 16.4. The minimum Gasteiger partial charge on any atom is -0.378 e. The van der Waals surface area contributed by atoms with Crippen LogP contribution in [-0.4, -0.2) is 30.1 Å². The lowest BCUT2D eigenvalue weighted by Gasteiger charge is -2.22. The number of carbonyl (C=O) groups is 1. The van der Waals surface area contributed by atoms with Crippen molar-refractivity contribution in [2.24, 2.45) is 11.8 Å². The Morgan fingerprint density at radius 2 is 2.09 bits per heavy atom. The lowest BCUT2D eigenvalue weighted by atomic mass is 9.93. The van der Waals surface area contributed by atoms with E-state index in [-0.39, 0.29) is 24.1 Å². The summed E-state index contributed by atoms with van der Waals surface area (Å²) in [6.07, 6.45) is 1.41. The number of nitro benzene ring substituents is 1. The highest BCUT2D eigenvalue weighted by Gasteiger charge is 2.30. The molecule has 1 aromatic carbocycles. The second-order valence-corrected chi connectivity index (χ2v) is 6.03. The summed E-state index contributed by atoms with van der Waals surface area (Å²) in [6, 6.07) is 6.07. The van der Waals surface area contributed by atoms with Gasteiger partial charge >= 0.3 is 0 Å². The van der Waals surface area contributed by atoms with E-state index in [1.54, 1.807) is 12.1 Å². The van der Waals surface area contributed by atoms with Crippen molar-refractivity contribution in [2.75, 3.05) is 13.2 Å². The summed E-state index contributed by atoms with van der Waals surface area (Å²) in [5.41, 5.74) is 0.804. The van der Waals surface area contributed by atoms with Crippen molar-refractivity contribution < 1.29 is 14.5 Å². The molecule has 6 heteroatoms. The summed E-state index contributed by atoms with van der Waals surface area (Å²) in [7, 11) is 0. The quantitative estimate of drug-likeness (QED) is 0.646. The fraction of sp³-hybridized carbons (Fsp3) is 0.562. The molecular weight excluding hydrogens is 284 g/mol. The molecule has 22 heavy (non-hydrogen) atoms. The number of hydrogen-bond acceptors (Lipinski definition) is 4. The molecule has 1 aliphatic heterocycles. The lowest BCUT2D eigenvalue weighted by Crippen LogP contribution is -2.35. The van der Waals surface area contributed by atoms with Gasteiger partial charge in [0, 0.05) is 31.2 Å². The fourth-order valence-electron chi connectivity index (χ4n) is 2.84. The average Bonchev–Trinajstić information content (AvgIpc) is 2.94. The van der Waals surface area contributed by atoms with E-state index in [9.17, 15) is 14.9 Å². The van der Waals surface area contributed by atoms with Crippen LogP contribution in [0.15, 0.2) is 24.3 Å². The van der Waals surface area contributed by atoms with Crippen LogP contribution in [0.3, 0.4) is 0 Å². The van der Waals surface area contributed by atoms with Gasteiger partial charge in [0.1, 0.15) is 0 Å². The topological polar surface area (TPSA) is 81.5 Å². The molecular formula is C16H22N2O4. The number of carbonyl (C=O) groups excluding carboxylic acids is 1. The van der Waals surface area contributed by atoms with Gasteiger partial charge in [0.05, 0.1) is 17.4 Å². The van der Waals surface area contributed by atoms with Crippen LogP contribution >= 0.6 is 0 Å². The van der Waals surface area contributed by atoms with E-state index in [0.29, 0.717) is 18.4 Å². The maximum atomic E-state index is 12.0. The summed E-state index contributed by atoms with van der Waals surface area (Å²) >= 11 is 0. The van der Waals surface area contributed by atoms with Gasteiger partial charge in [0.25, 0.3) is 5.69 Å². The van der Waals surface area contributed by atoms with E-state index in [2.05, 4.69) is 19.2 Å². The molecule has 0 unspecified atom stereocenters. The van der Waals surface area contributed by atoms with Crippen molar-refractivity contribution >= 4 is 11.6 Å². The number of rotatable bonds is 6. The highest BCUT2D eigenvalue weighted by molar-refractivity contribution is 5.78. The Morgan fingerprint density at radius 3 is 2.68 bits per heavy atom. The second kappa shape index (κ2) is 7.35. The fourth-order valence-corrected chi connectivity index (χ4v) is 2.84. The van der Waals surface area contributed by atoms with Gasteiger partial charge in [0.2, 0.25) is 5.91 Å². The molecule has 120 valence electrons. The zero-order chi connectivity index (χ0) is 16.1. The van der Waals surface area contributed by atoms with Gasteiger partial charge in [-0.2, -0.15) is 0 Å². The molecule has 1 amide bonds. The highest BCUT2D eigenvalue weighted by atomic mass is 16.6. The molecule has 0 bridgehead atoms. The molecule has 6 nitrogen and oxygen atoms in total. The Balaban J connectivity index is 1.81. The molecule has 1 aromatic rings. The zero-order valence-corrected chi connectivity index (χ0v) is 13.0. The molecule has 0 saturated carbocycles. The molecule has 2 atom stereocenters. The first-order valence-corrected chi connectivity index (χ1v) is 7.59. The predicted octanol–water partition coefficient (Wildman–Crippen LogP) is 2.31. The van der Waals surface area contributed by atoms with Gasteiger partial charge in [-0.3, -0.25) is 14.9 Å². The van der Waals surface area contributed by atoms with Gasteiger partial charge in [-0.05, 0) is 17.9 Å². The van der Waals surface area contributed by atoms with Crippen molar-refractivity contribution in [1.29, 1.82) is 0 Å². The van der Waals surface area contributed by atoms with Gasteiger partial charge in [-0.15, -0.1) is 0 Å². The maximum absolute atomic E-state index is 12.0. The summed E-state index contributed by atoms with van der Waals surface area (Å²) in [4.78, 5) is 22.1. The number of non-ortho nitro benzene ring substituents is 1. The normalized spacial score (nSPS) is 21.0. The summed E-state index contributed by atoms with van der Waals surface area (Å²) in [6.45, 7) is 5.63. The van der Waals surface area contributed by atoms with Crippen LogP contribution in [0.1, 0.15) is 25.8 Å². The molecule has 0 aromatic heterocycles. The molecule has 0 spiro atoms. The minimum atomic E-state index is -0.448. The Morgan fingerprint density at radius 1 is 1.41 bits per heavy atom. The third-order valence-electron chi connectivity index (χ3n) is 3.99. The van der Waals surface area contributed by atoms with Crippen molar-refractivity contribution in [1.82, 2.24) is 5.32 Å². The van der Waals surface area contributed by atoms with Crippen LogP contribution in [0.25, 0.3) is 0 Å². The van der Waals surface area contributed by atoms with Gasteiger partial charge < -0.3 is 10.1 Å². The van der Waals surface area contributed by atoms with Crippen LogP contribution in [0.2, 0.25) is 0 Å². The number of ether oxygens (including phenoxy) is 1. The Labute approximate surface area is 130 Å². The van der Waals surface area contributed by atoms with Crippen LogP contribution in [0, 0.1) is 22.0 Å². The summed E-state index contributed by atoms with van der Waals surface area (Å²) in [5, 5.41) is 13.5. The first-order valence-electron chi connectivity index (χ1n) is 7.59. The third kappa shape index (κ3) is 4.27. The standard InChI is InChI=1S/C16H22N2O4/c1-11(2)16-13(7-8-22-16)10-17-15(19)9-12-3-5-14(6-4-12)18(20)21/h3-6,11,13,16H,7-10H2,1-2H3,(H,17,19)/t13-,16+/m1/s1. The van der Waals surface area contributed by atoms with E-state index < -0.39 is 4.92 Å². The monoisotopic (exact) mass is 306 g/mol. The zero-order valence-electron chi connectivity index (χ0n) is 13.0. The van der Waals surface area contributed by atoms with E-state index in [0.717, 1.165) is 18.6 Å². The Kier molecular flexibility index (Phi) is 5.49. The molecule has 1 fully saturated rings. The number of nitrogens with one attached hydrogen (secondary N) is 1. The van der Waals surface area contributed by atoms with Crippen molar-refractivity contribution in [3.63, 3.8) is 0 Å². The predicted molar refractivity (Wildman–Crippen MR) is 82.5 cm³/mol. The van der Waals surface area contributed by atoms with Crippen LogP contribution in [-0.2, 0) is 16.0 Å². The van der Waals surface area contributed by atoms with Crippen molar-refractivity contribution in [3.05, 3.63) is 39.9 Å². The number of hydrogen-bond donors (Lipinski definition) is 1. The SMILES string of the molecule is CC(C)[C@@H]1OCC[C@@H]1CNC(=O)Cc1ccc([N+](=O)[O-])cc1. The largest absolute Gasteiger partial charge is 0.378 e. The van der Waals surface area contributed by atoms with Gasteiger partial charge in [0.15, 0.2) is 0 Å². The smallest absolute Gasteiger partial charge is 0.269 e. The molecule has 1 saturated heterocycles. The number of amides is 1. The number of nitro groups is 1. The van der Waals surface area contributed by atoms with Crippen LogP contribution < -0.4 is 5.32 Å². The minimum absolute atomic E-state index is 0.0343. The summed E-state index contributed by atoms with van der Waals surface area (Å²) < 4.78 is 5.70. The first-order chi connectivity index (χ1) is 10.5. The highest BCUT2D eigenvalue weighted by Crippen LogP contribution is 2.26. The Hall–Kier alpha value is -1.95.